The Balaban J connectivity index is 1.94. The van der Waals surface area contributed by atoms with Crippen LogP contribution in [-0.2, 0) is 21.7 Å². The third kappa shape index (κ3) is 6.74. The lowest BCUT2D eigenvalue weighted by molar-refractivity contribution is 0.398. The Morgan fingerprint density at radius 2 is 0.891 bits per heavy atom. The van der Waals surface area contributed by atoms with Crippen LogP contribution in [0.1, 0.15) is 105 Å². The minimum absolute atomic E-state index is 0.0818. The molecule has 0 bridgehead atoms. The SMILES string of the molecule is COc1c(-c2cc(C(C)(C)C)cc(C(C)(C)C)c2Op2oc3ccccc3c3ccccc3o2)cc(C(C)(C)C)cc1C(C)(C)C. The molecular weight excluding hydrogens is 587 g/mol. The average Bonchev–Trinajstić information content (AvgIpc) is 3.10. The molecule has 5 heteroatoms. The van der Waals surface area contributed by atoms with Crippen molar-refractivity contribution in [2.75, 3.05) is 7.11 Å². The first-order valence-electron chi connectivity index (χ1n) is 16.2. The quantitative estimate of drug-likeness (QED) is 0.196. The first-order chi connectivity index (χ1) is 21.3. The zero-order valence-electron chi connectivity index (χ0n) is 30.0. The maximum atomic E-state index is 7.08. The van der Waals surface area contributed by atoms with E-state index < -0.39 is 8.24 Å². The van der Waals surface area contributed by atoms with Crippen LogP contribution in [0.25, 0.3) is 33.1 Å². The lowest BCUT2D eigenvalue weighted by Gasteiger charge is -2.31. The average molecular weight is 639 g/mol. The minimum atomic E-state index is -1.87. The highest BCUT2D eigenvalue weighted by Gasteiger charge is 2.32. The van der Waals surface area contributed by atoms with Crippen molar-refractivity contribution >= 4 is 30.2 Å². The van der Waals surface area contributed by atoms with E-state index in [1.807, 2.05) is 36.4 Å². The summed E-state index contributed by atoms with van der Waals surface area (Å²) >= 11 is 0. The van der Waals surface area contributed by atoms with Gasteiger partial charge < -0.3 is 17.7 Å². The molecule has 4 aromatic carbocycles. The van der Waals surface area contributed by atoms with E-state index in [1.54, 1.807) is 7.11 Å². The first-order valence-corrected chi connectivity index (χ1v) is 17.3. The highest BCUT2D eigenvalue weighted by molar-refractivity contribution is 7.32. The molecule has 0 spiro atoms. The van der Waals surface area contributed by atoms with Gasteiger partial charge in [0, 0.05) is 33.0 Å². The molecule has 0 N–H and O–H groups in total. The van der Waals surface area contributed by atoms with Crippen molar-refractivity contribution in [1.82, 2.24) is 0 Å². The van der Waals surface area contributed by atoms with Crippen molar-refractivity contribution in [3.05, 3.63) is 95.1 Å². The summed E-state index contributed by atoms with van der Waals surface area (Å²) < 4.78 is 26.6. The smallest absolute Gasteiger partial charge is 0.453 e. The van der Waals surface area contributed by atoms with Crippen LogP contribution in [0.3, 0.4) is 0 Å². The highest BCUT2D eigenvalue weighted by atomic mass is 31.1. The molecule has 0 atom stereocenters. The number of ether oxygens (including phenoxy) is 1. The number of hydrogen-bond donors (Lipinski definition) is 0. The molecule has 0 amide bonds. The van der Waals surface area contributed by atoms with Gasteiger partial charge in [0.2, 0.25) is 0 Å². The van der Waals surface area contributed by atoms with Crippen LogP contribution in [0, 0.1) is 0 Å². The predicted molar refractivity (Wildman–Crippen MR) is 196 cm³/mol. The van der Waals surface area contributed by atoms with Gasteiger partial charge in [0.05, 0.1) is 7.11 Å². The molecule has 46 heavy (non-hydrogen) atoms. The van der Waals surface area contributed by atoms with Gasteiger partial charge in [-0.05, 0) is 57.1 Å². The Hall–Kier alpha value is -3.62. The maximum Gasteiger partial charge on any atom is 0.453 e. The predicted octanol–water partition coefficient (Wildman–Crippen LogP) is 13.0. The summed E-state index contributed by atoms with van der Waals surface area (Å²) in [5.74, 6) is 1.62. The standard InChI is InChI=1S/C41H51O4P/c1-38(2,3)26-22-30(36(42-13)32(24-26)40(7,8)9)31-23-27(39(4,5)6)25-33(41(10,11)12)37(31)45-46-43-34-20-16-14-18-28(34)29-19-15-17-21-35(29)44-46/h14-25H,1-13H3. The van der Waals surface area contributed by atoms with Crippen molar-refractivity contribution in [3.8, 4) is 22.6 Å². The number of benzene rings is 4. The third-order valence-electron chi connectivity index (χ3n) is 8.60. The normalized spacial score (nSPS) is 12.9. The van der Waals surface area contributed by atoms with Gasteiger partial charge in [-0.3, -0.25) is 0 Å². The molecule has 0 saturated carbocycles. The van der Waals surface area contributed by atoms with E-state index in [4.69, 9.17) is 17.7 Å². The molecule has 0 aliphatic heterocycles. The number of fused-ring (bicyclic) bond motifs is 3. The minimum Gasteiger partial charge on any atom is -0.496 e. The fraction of sp³-hybridized carbons (Fsp3) is 0.415. The fourth-order valence-electron chi connectivity index (χ4n) is 5.78. The molecule has 0 fully saturated rings. The van der Waals surface area contributed by atoms with Crippen LogP contribution in [0.5, 0.6) is 11.5 Å². The number of rotatable bonds is 4. The molecule has 1 aromatic heterocycles. The molecule has 0 aliphatic rings. The van der Waals surface area contributed by atoms with E-state index in [1.165, 1.54) is 11.1 Å². The van der Waals surface area contributed by atoms with Crippen LogP contribution in [0.4, 0.5) is 0 Å². The van der Waals surface area contributed by atoms with Crippen molar-refractivity contribution in [3.63, 3.8) is 0 Å². The van der Waals surface area contributed by atoms with Gasteiger partial charge >= 0.3 is 8.24 Å². The zero-order chi connectivity index (χ0) is 33.8. The van der Waals surface area contributed by atoms with Crippen LogP contribution >= 0.6 is 8.24 Å². The van der Waals surface area contributed by atoms with Crippen LogP contribution < -0.4 is 9.26 Å². The zero-order valence-corrected chi connectivity index (χ0v) is 30.9. The van der Waals surface area contributed by atoms with Gasteiger partial charge in [-0.2, -0.15) is 0 Å². The maximum absolute atomic E-state index is 7.08. The van der Waals surface area contributed by atoms with Crippen LogP contribution in [-0.4, -0.2) is 7.11 Å². The molecule has 5 aromatic rings. The van der Waals surface area contributed by atoms with E-state index in [0.717, 1.165) is 55.7 Å². The number of hydrogen-bond acceptors (Lipinski definition) is 4. The monoisotopic (exact) mass is 638 g/mol. The molecule has 5 rings (SSSR count). The second kappa shape index (κ2) is 11.9. The summed E-state index contributed by atoms with van der Waals surface area (Å²) in [5.41, 5.74) is 7.62. The van der Waals surface area contributed by atoms with Crippen molar-refractivity contribution in [2.45, 2.75) is 105 Å². The molecule has 244 valence electrons. The van der Waals surface area contributed by atoms with Crippen molar-refractivity contribution < 1.29 is 17.7 Å². The lowest BCUT2D eigenvalue weighted by atomic mass is 9.75. The topological polar surface area (TPSA) is 44.7 Å². The van der Waals surface area contributed by atoms with Crippen LogP contribution in [0.2, 0.25) is 0 Å². The second-order valence-electron chi connectivity index (χ2n) is 16.5. The summed E-state index contributed by atoms with van der Waals surface area (Å²) in [5, 5.41) is 1.97. The fourth-order valence-corrected chi connectivity index (χ4v) is 6.88. The molecule has 0 radical (unpaired) electrons. The summed E-state index contributed by atoms with van der Waals surface area (Å²) in [6, 6.07) is 25.3. The van der Waals surface area contributed by atoms with E-state index in [2.05, 4.69) is 119 Å². The van der Waals surface area contributed by atoms with Gasteiger partial charge in [0.15, 0.2) is 0 Å². The van der Waals surface area contributed by atoms with Crippen molar-refractivity contribution in [1.29, 1.82) is 0 Å². The molecule has 0 unspecified atom stereocenters. The summed E-state index contributed by atoms with van der Waals surface area (Å²) in [6.45, 7) is 27.0. The molecular formula is C41H51O4P. The Morgan fingerprint density at radius 3 is 1.28 bits per heavy atom. The summed E-state index contributed by atoms with van der Waals surface area (Å²) in [4.78, 5) is 0. The Morgan fingerprint density at radius 1 is 0.500 bits per heavy atom. The van der Waals surface area contributed by atoms with E-state index in [-0.39, 0.29) is 21.7 Å². The third-order valence-corrected chi connectivity index (χ3v) is 9.62. The largest absolute Gasteiger partial charge is 0.496 e. The Bertz CT molecular complexity index is 1880. The number of methoxy groups -OCH3 is 1. The van der Waals surface area contributed by atoms with Gasteiger partial charge in [-0.1, -0.05) is 132 Å². The van der Waals surface area contributed by atoms with E-state index in [9.17, 15) is 0 Å². The Labute approximate surface area is 276 Å². The molecule has 1 heterocycles. The molecule has 4 nitrogen and oxygen atoms in total. The summed E-state index contributed by atoms with van der Waals surface area (Å²) in [6.07, 6.45) is 0. The molecule has 0 aliphatic carbocycles. The molecule has 0 saturated heterocycles. The van der Waals surface area contributed by atoms with Gasteiger partial charge in [0.1, 0.15) is 22.7 Å². The Kier molecular flexibility index (Phi) is 8.71. The summed E-state index contributed by atoms with van der Waals surface area (Å²) in [7, 11) is -0.0938. The van der Waals surface area contributed by atoms with Crippen molar-refractivity contribution in [2.24, 2.45) is 0 Å². The van der Waals surface area contributed by atoms with Gasteiger partial charge in [0.25, 0.3) is 0 Å². The first kappa shape index (κ1) is 33.7. The van der Waals surface area contributed by atoms with Gasteiger partial charge in [-0.25, -0.2) is 0 Å². The second-order valence-corrected chi connectivity index (χ2v) is 17.5. The van der Waals surface area contributed by atoms with E-state index >= 15 is 0 Å². The highest BCUT2D eigenvalue weighted by Crippen LogP contribution is 2.51. The van der Waals surface area contributed by atoms with Crippen LogP contribution in [0.15, 0.2) is 81.2 Å². The lowest BCUT2D eigenvalue weighted by Crippen LogP contribution is -2.19. The van der Waals surface area contributed by atoms with Gasteiger partial charge in [-0.15, -0.1) is 0 Å². The number of para-hydroxylation sites is 2. The van der Waals surface area contributed by atoms with E-state index in [0.29, 0.717) is 0 Å².